The molecule has 1 unspecified atom stereocenters. The van der Waals surface area contributed by atoms with Crippen LogP contribution >= 0.6 is 8.19 Å². The van der Waals surface area contributed by atoms with E-state index in [-0.39, 0.29) is 0 Å². The highest BCUT2D eigenvalue weighted by atomic mass is 31.0. The van der Waals surface area contributed by atoms with E-state index >= 15 is 0 Å². The van der Waals surface area contributed by atoms with Gasteiger partial charge in [0.15, 0.2) is 0 Å². The normalized spacial score (nSPS) is 20.1. The van der Waals surface area contributed by atoms with Crippen LogP contribution in [0, 0.1) is 0 Å². The summed E-state index contributed by atoms with van der Waals surface area (Å²) in [6.07, 6.45) is 4.23. The van der Waals surface area contributed by atoms with Crippen LogP contribution in [0.5, 0.6) is 0 Å². The van der Waals surface area contributed by atoms with Crippen molar-refractivity contribution in [3.05, 3.63) is 35.6 Å². The molecule has 1 aromatic carbocycles. The summed E-state index contributed by atoms with van der Waals surface area (Å²) in [5.41, 5.74) is 0.553. The third-order valence-electron chi connectivity index (χ3n) is 3.64. The summed E-state index contributed by atoms with van der Waals surface area (Å²) in [7, 11) is 0.941. The van der Waals surface area contributed by atoms with Gasteiger partial charge in [-0.3, -0.25) is 0 Å². The van der Waals surface area contributed by atoms with Crippen molar-refractivity contribution >= 4 is 18.7 Å². The Morgan fingerprint density at radius 3 is 2.64 bits per heavy atom. The molecule has 2 aromatic rings. The van der Waals surface area contributed by atoms with Crippen molar-refractivity contribution in [3.8, 4) is 0 Å². The summed E-state index contributed by atoms with van der Waals surface area (Å²) in [5, 5.41) is 4.72. The monoisotopic (exact) mass is 202 g/mol. The molecule has 0 nitrogen and oxygen atoms in total. The fourth-order valence-electron chi connectivity index (χ4n) is 2.37. The van der Waals surface area contributed by atoms with E-state index in [1.807, 2.05) is 0 Å². The standard InChI is InChI=1S/C13H15P/c1-13(7-4-8-13)12-9-10-5-2-3-6-11(10)14-12/h2-3,5-6,9,14H,4,7-8H2,1H3. The Morgan fingerprint density at radius 2 is 2.00 bits per heavy atom. The Morgan fingerprint density at radius 1 is 1.21 bits per heavy atom. The smallest absolute Gasteiger partial charge is 0.00154 e. The lowest BCUT2D eigenvalue weighted by molar-refractivity contribution is 0.278. The SMILES string of the molecule is CC1(c2cc3ccccc3[pH]2)CCC1. The molecular formula is C13H15P. The van der Waals surface area contributed by atoms with Gasteiger partial charge in [0.05, 0.1) is 0 Å². The van der Waals surface area contributed by atoms with Crippen LogP contribution in [0.15, 0.2) is 30.3 Å². The van der Waals surface area contributed by atoms with Crippen molar-refractivity contribution in [3.63, 3.8) is 0 Å². The molecule has 0 saturated heterocycles. The van der Waals surface area contributed by atoms with Gasteiger partial charge in [0.1, 0.15) is 0 Å². The zero-order valence-corrected chi connectivity index (χ0v) is 9.51. The van der Waals surface area contributed by atoms with Crippen molar-refractivity contribution < 1.29 is 0 Å². The van der Waals surface area contributed by atoms with Crippen LogP contribution in [0.3, 0.4) is 0 Å². The molecule has 1 heteroatoms. The average molecular weight is 202 g/mol. The number of benzene rings is 1. The largest absolute Gasteiger partial charge is 0.128 e. The van der Waals surface area contributed by atoms with Gasteiger partial charge in [-0.2, -0.15) is 0 Å². The second-order valence-electron chi connectivity index (χ2n) is 4.68. The molecule has 1 heterocycles. The molecule has 1 fully saturated rings. The van der Waals surface area contributed by atoms with E-state index in [2.05, 4.69) is 37.3 Å². The van der Waals surface area contributed by atoms with Crippen LogP contribution in [0.25, 0.3) is 10.5 Å². The maximum Gasteiger partial charge on any atom is -0.00154 e. The lowest BCUT2D eigenvalue weighted by Gasteiger charge is -2.38. The van der Waals surface area contributed by atoms with Crippen LogP contribution in [0.4, 0.5) is 0 Å². The number of rotatable bonds is 1. The molecule has 72 valence electrons. The number of hydrogen-bond donors (Lipinski definition) is 0. The molecule has 0 N–H and O–H groups in total. The fourth-order valence-corrected chi connectivity index (χ4v) is 3.92. The van der Waals surface area contributed by atoms with Gasteiger partial charge < -0.3 is 0 Å². The minimum absolute atomic E-state index is 0.553. The first-order valence-electron chi connectivity index (χ1n) is 5.36. The van der Waals surface area contributed by atoms with E-state index in [4.69, 9.17) is 0 Å². The summed E-state index contributed by atoms with van der Waals surface area (Å²) in [6, 6.07) is 11.3. The third kappa shape index (κ3) is 1.14. The van der Waals surface area contributed by atoms with E-state index in [9.17, 15) is 0 Å². The zero-order chi connectivity index (χ0) is 9.60. The second-order valence-corrected chi connectivity index (χ2v) is 6.01. The number of fused-ring (bicyclic) bond motifs is 1. The molecule has 1 atom stereocenters. The van der Waals surface area contributed by atoms with Gasteiger partial charge in [0.25, 0.3) is 0 Å². The Balaban J connectivity index is 2.14. The predicted octanol–water partition coefficient (Wildman–Crippen LogP) is 4.31. The van der Waals surface area contributed by atoms with Gasteiger partial charge in [-0.1, -0.05) is 37.6 Å². The maximum absolute atomic E-state index is 2.44. The van der Waals surface area contributed by atoms with E-state index in [0.29, 0.717) is 5.41 Å². The molecule has 1 saturated carbocycles. The van der Waals surface area contributed by atoms with Crippen LogP contribution in [0.2, 0.25) is 0 Å². The summed E-state index contributed by atoms with van der Waals surface area (Å²) in [5.74, 6) is 0. The van der Waals surface area contributed by atoms with E-state index in [1.54, 1.807) is 10.4 Å². The molecule has 0 bridgehead atoms. The predicted molar refractivity (Wildman–Crippen MR) is 64.7 cm³/mol. The number of hydrogen-bond acceptors (Lipinski definition) is 0. The first-order chi connectivity index (χ1) is 6.78. The van der Waals surface area contributed by atoms with Crippen LogP contribution < -0.4 is 0 Å². The van der Waals surface area contributed by atoms with Crippen molar-refractivity contribution in [2.75, 3.05) is 0 Å². The molecule has 0 aliphatic heterocycles. The Kier molecular flexibility index (Phi) is 1.76. The minimum atomic E-state index is 0.553. The Bertz CT molecular complexity index is 430. The molecule has 1 aliphatic carbocycles. The lowest BCUT2D eigenvalue weighted by Crippen LogP contribution is -2.28. The molecule has 3 rings (SSSR count). The van der Waals surface area contributed by atoms with Gasteiger partial charge in [0.2, 0.25) is 0 Å². The minimum Gasteiger partial charge on any atom is -0.128 e. The van der Waals surface area contributed by atoms with Crippen LogP contribution in [-0.2, 0) is 5.41 Å². The van der Waals surface area contributed by atoms with Crippen LogP contribution in [-0.4, -0.2) is 0 Å². The summed E-state index contributed by atoms with van der Waals surface area (Å²) < 4.78 is 0. The Hall–Kier alpha value is -0.740. The van der Waals surface area contributed by atoms with Crippen molar-refractivity contribution in [1.82, 2.24) is 0 Å². The van der Waals surface area contributed by atoms with E-state index in [0.717, 1.165) is 8.19 Å². The average Bonchev–Trinajstić information content (AvgIpc) is 2.57. The first kappa shape index (κ1) is 8.56. The highest BCUT2D eigenvalue weighted by Gasteiger charge is 2.34. The highest BCUT2D eigenvalue weighted by Crippen LogP contribution is 2.49. The second kappa shape index (κ2) is 2.87. The summed E-state index contributed by atoms with van der Waals surface area (Å²) in [4.78, 5) is 0. The maximum atomic E-state index is 2.44. The first-order valence-corrected chi connectivity index (χ1v) is 6.36. The van der Waals surface area contributed by atoms with Gasteiger partial charge >= 0.3 is 0 Å². The molecule has 14 heavy (non-hydrogen) atoms. The molecule has 0 radical (unpaired) electrons. The fraction of sp³-hybridized carbons (Fsp3) is 0.385. The van der Waals surface area contributed by atoms with Gasteiger partial charge in [-0.15, -0.1) is 8.19 Å². The van der Waals surface area contributed by atoms with Crippen LogP contribution in [0.1, 0.15) is 31.5 Å². The highest BCUT2D eigenvalue weighted by molar-refractivity contribution is 7.38. The van der Waals surface area contributed by atoms with E-state index < -0.39 is 0 Å². The summed E-state index contributed by atoms with van der Waals surface area (Å²) in [6.45, 7) is 2.43. The molecule has 1 aliphatic rings. The van der Waals surface area contributed by atoms with E-state index in [1.165, 1.54) is 24.6 Å². The van der Waals surface area contributed by atoms with Gasteiger partial charge in [-0.05, 0) is 40.1 Å². The molecular weight excluding hydrogens is 187 g/mol. The van der Waals surface area contributed by atoms with Gasteiger partial charge in [0, 0.05) is 0 Å². The quantitative estimate of drug-likeness (QED) is 0.646. The molecule has 1 aromatic heterocycles. The molecule has 0 amide bonds. The van der Waals surface area contributed by atoms with Crippen molar-refractivity contribution in [2.45, 2.75) is 31.6 Å². The topological polar surface area (TPSA) is 0 Å². The zero-order valence-electron chi connectivity index (χ0n) is 8.51. The van der Waals surface area contributed by atoms with Gasteiger partial charge in [-0.25, -0.2) is 0 Å². The molecule has 0 spiro atoms. The van der Waals surface area contributed by atoms with Crippen molar-refractivity contribution in [2.24, 2.45) is 0 Å². The lowest BCUT2D eigenvalue weighted by atomic mass is 9.69. The Labute approximate surface area is 86.4 Å². The van der Waals surface area contributed by atoms with Crippen molar-refractivity contribution in [1.29, 1.82) is 0 Å². The summed E-state index contributed by atoms with van der Waals surface area (Å²) >= 11 is 0. The third-order valence-corrected chi connectivity index (χ3v) is 5.38.